The van der Waals surface area contributed by atoms with Crippen LogP contribution in [0.1, 0.15) is 15.9 Å². The molecule has 0 atom stereocenters. The Kier molecular flexibility index (Phi) is 7.50. The molecular formula is C22H17ClN4O5. The number of benzene rings is 3. The third kappa shape index (κ3) is 6.64. The Labute approximate surface area is 187 Å². The minimum Gasteiger partial charge on any atom is -0.484 e. The normalized spacial score (nSPS) is 10.5. The Morgan fingerprint density at radius 1 is 1.00 bits per heavy atom. The summed E-state index contributed by atoms with van der Waals surface area (Å²) in [5.41, 5.74) is 3.79. The summed E-state index contributed by atoms with van der Waals surface area (Å²) in [5.74, 6) is -0.321. The smallest absolute Gasteiger partial charge is 0.271 e. The molecule has 32 heavy (non-hydrogen) atoms. The number of carbonyl (C=O) groups excluding carboxylic acids is 2. The Bertz CT molecular complexity index is 1130. The van der Waals surface area contributed by atoms with E-state index in [2.05, 4.69) is 15.8 Å². The van der Waals surface area contributed by atoms with Crippen LogP contribution in [0.15, 0.2) is 77.9 Å². The topological polar surface area (TPSA) is 123 Å². The molecule has 0 bridgehead atoms. The average Bonchev–Trinajstić information content (AvgIpc) is 2.80. The molecular weight excluding hydrogens is 436 g/mol. The fraction of sp³-hybridized carbons (Fsp3) is 0.0455. The van der Waals surface area contributed by atoms with Crippen LogP contribution in [0.5, 0.6) is 5.75 Å². The first-order chi connectivity index (χ1) is 15.4. The molecule has 0 aliphatic carbocycles. The summed E-state index contributed by atoms with van der Waals surface area (Å²) in [6, 6.07) is 18.6. The molecule has 3 aromatic carbocycles. The monoisotopic (exact) mass is 452 g/mol. The van der Waals surface area contributed by atoms with E-state index in [0.29, 0.717) is 22.0 Å². The van der Waals surface area contributed by atoms with Crippen molar-refractivity contribution in [1.29, 1.82) is 0 Å². The molecule has 3 aromatic rings. The van der Waals surface area contributed by atoms with E-state index in [1.54, 1.807) is 48.5 Å². The van der Waals surface area contributed by atoms with E-state index in [4.69, 9.17) is 16.3 Å². The highest BCUT2D eigenvalue weighted by atomic mass is 35.5. The molecule has 2 amide bonds. The van der Waals surface area contributed by atoms with E-state index in [1.165, 1.54) is 30.5 Å². The summed E-state index contributed by atoms with van der Waals surface area (Å²) in [6.45, 7) is -0.165. The lowest BCUT2D eigenvalue weighted by Crippen LogP contribution is -2.20. The lowest BCUT2D eigenvalue weighted by atomic mass is 10.2. The van der Waals surface area contributed by atoms with Crippen LogP contribution in [-0.4, -0.2) is 29.6 Å². The van der Waals surface area contributed by atoms with E-state index in [9.17, 15) is 19.7 Å². The van der Waals surface area contributed by atoms with Crippen LogP contribution in [-0.2, 0) is 4.79 Å². The zero-order valence-electron chi connectivity index (χ0n) is 16.5. The number of anilines is 1. The Hall–Kier alpha value is -4.24. The van der Waals surface area contributed by atoms with Gasteiger partial charge in [0.2, 0.25) is 0 Å². The van der Waals surface area contributed by atoms with Gasteiger partial charge in [0.1, 0.15) is 5.75 Å². The summed E-state index contributed by atoms with van der Waals surface area (Å²) < 4.78 is 5.45. The lowest BCUT2D eigenvalue weighted by Gasteiger charge is -2.08. The Balaban J connectivity index is 1.45. The molecule has 10 heteroatoms. The number of nitro benzene ring substituents is 1. The number of rotatable bonds is 8. The van der Waals surface area contributed by atoms with Gasteiger partial charge in [-0.25, -0.2) is 5.43 Å². The molecule has 0 spiro atoms. The summed E-state index contributed by atoms with van der Waals surface area (Å²) >= 11 is 5.80. The van der Waals surface area contributed by atoms with Crippen molar-refractivity contribution in [3.63, 3.8) is 0 Å². The van der Waals surface area contributed by atoms with E-state index in [-0.39, 0.29) is 23.8 Å². The van der Waals surface area contributed by atoms with Crippen LogP contribution in [0.25, 0.3) is 0 Å². The summed E-state index contributed by atoms with van der Waals surface area (Å²) in [6.07, 6.45) is 1.43. The zero-order chi connectivity index (χ0) is 22.9. The molecule has 0 unspecified atom stereocenters. The number of nitro groups is 1. The maximum atomic E-state index is 12.0. The van der Waals surface area contributed by atoms with E-state index >= 15 is 0 Å². The SMILES string of the molecule is O=C(COc1ccc(/C=N\NC(=O)c2ccc([N+](=O)[O-])cc2)cc1)Nc1ccc(Cl)cc1. The van der Waals surface area contributed by atoms with Gasteiger partial charge in [-0.3, -0.25) is 19.7 Å². The molecule has 9 nitrogen and oxygen atoms in total. The van der Waals surface area contributed by atoms with E-state index in [0.717, 1.165) is 0 Å². The van der Waals surface area contributed by atoms with Gasteiger partial charge in [0.05, 0.1) is 11.1 Å². The molecule has 2 N–H and O–H groups in total. The van der Waals surface area contributed by atoms with Crippen LogP contribution in [0.2, 0.25) is 5.02 Å². The quantitative estimate of drug-likeness (QED) is 0.303. The maximum absolute atomic E-state index is 12.0. The first-order valence-corrected chi connectivity index (χ1v) is 9.64. The third-order valence-electron chi connectivity index (χ3n) is 4.10. The lowest BCUT2D eigenvalue weighted by molar-refractivity contribution is -0.384. The average molecular weight is 453 g/mol. The second kappa shape index (κ2) is 10.7. The molecule has 162 valence electrons. The van der Waals surface area contributed by atoms with Gasteiger partial charge in [0.15, 0.2) is 6.61 Å². The van der Waals surface area contributed by atoms with Crippen molar-refractivity contribution >= 4 is 41.0 Å². The van der Waals surface area contributed by atoms with Gasteiger partial charge in [-0.05, 0) is 66.2 Å². The number of halogens is 1. The van der Waals surface area contributed by atoms with Gasteiger partial charge in [0.25, 0.3) is 17.5 Å². The summed E-state index contributed by atoms with van der Waals surface area (Å²) in [4.78, 5) is 34.1. The third-order valence-corrected chi connectivity index (χ3v) is 4.35. The van der Waals surface area contributed by atoms with Crippen molar-refractivity contribution in [3.8, 4) is 5.75 Å². The fourth-order valence-electron chi connectivity index (χ4n) is 2.49. The minimum absolute atomic E-state index is 0.102. The van der Waals surface area contributed by atoms with Crippen molar-refractivity contribution in [3.05, 3.63) is 99.1 Å². The second-order valence-electron chi connectivity index (χ2n) is 6.42. The molecule has 0 saturated heterocycles. The number of non-ortho nitro benzene ring substituents is 1. The highest BCUT2D eigenvalue weighted by molar-refractivity contribution is 6.30. The number of nitrogens with zero attached hydrogens (tertiary/aromatic N) is 2. The van der Waals surface area contributed by atoms with Gasteiger partial charge in [-0.2, -0.15) is 5.10 Å². The van der Waals surface area contributed by atoms with Crippen molar-refractivity contribution in [2.45, 2.75) is 0 Å². The van der Waals surface area contributed by atoms with Crippen molar-refractivity contribution in [2.24, 2.45) is 5.10 Å². The van der Waals surface area contributed by atoms with Gasteiger partial charge in [-0.15, -0.1) is 0 Å². The Morgan fingerprint density at radius 3 is 2.28 bits per heavy atom. The number of nitrogens with one attached hydrogen (secondary N) is 2. The molecule has 0 saturated carbocycles. The predicted octanol–water partition coefficient (Wildman–Crippen LogP) is 4.03. The first kappa shape index (κ1) is 22.4. The largest absolute Gasteiger partial charge is 0.484 e. The first-order valence-electron chi connectivity index (χ1n) is 9.27. The van der Waals surface area contributed by atoms with Crippen LogP contribution in [0.3, 0.4) is 0 Å². The summed E-state index contributed by atoms with van der Waals surface area (Å²) in [5, 5.41) is 17.8. The standard InChI is InChI=1S/C22H17ClN4O5/c23-17-5-7-18(8-6-17)25-21(28)14-32-20-11-1-15(2-12-20)13-24-26-22(29)16-3-9-19(10-4-16)27(30)31/h1-13H,14H2,(H,25,28)(H,26,29)/b24-13-. The minimum atomic E-state index is -0.542. The number of hydrazone groups is 1. The molecule has 0 aliphatic rings. The molecule has 0 fully saturated rings. The zero-order valence-corrected chi connectivity index (χ0v) is 17.3. The van der Waals surface area contributed by atoms with Crippen LogP contribution < -0.4 is 15.5 Å². The molecule has 0 aromatic heterocycles. The maximum Gasteiger partial charge on any atom is 0.271 e. The highest BCUT2D eigenvalue weighted by Gasteiger charge is 2.08. The van der Waals surface area contributed by atoms with E-state index in [1.807, 2.05) is 0 Å². The summed E-state index contributed by atoms with van der Waals surface area (Å²) in [7, 11) is 0. The molecule has 3 rings (SSSR count). The predicted molar refractivity (Wildman–Crippen MR) is 120 cm³/mol. The molecule has 0 radical (unpaired) electrons. The number of hydrogen-bond acceptors (Lipinski definition) is 6. The number of hydrogen-bond donors (Lipinski definition) is 2. The van der Waals surface area contributed by atoms with Gasteiger partial charge >= 0.3 is 0 Å². The van der Waals surface area contributed by atoms with Crippen molar-refractivity contribution in [2.75, 3.05) is 11.9 Å². The van der Waals surface area contributed by atoms with Gasteiger partial charge in [0, 0.05) is 28.4 Å². The molecule has 0 aliphatic heterocycles. The van der Waals surface area contributed by atoms with Crippen LogP contribution >= 0.6 is 11.6 Å². The number of amides is 2. The van der Waals surface area contributed by atoms with E-state index < -0.39 is 10.8 Å². The highest BCUT2D eigenvalue weighted by Crippen LogP contribution is 2.15. The number of ether oxygens (including phenoxy) is 1. The van der Waals surface area contributed by atoms with Crippen molar-refractivity contribution < 1.29 is 19.2 Å². The van der Waals surface area contributed by atoms with Gasteiger partial charge < -0.3 is 10.1 Å². The van der Waals surface area contributed by atoms with Gasteiger partial charge in [-0.1, -0.05) is 11.6 Å². The second-order valence-corrected chi connectivity index (χ2v) is 6.85. The van der Waals surface area contributed by atoms with Crippen LogP contribution in [0.4, 0.5) is 11.4 Å². The fourth-order valence-corrected chi connectivity index (χ4v) is 2.62. The van der Waals surface area contributed by atoms with Crippen molar-refractivity contribution in [1.82, 2.24) is 5.43 Å². The Morgan fingerprint density at radius 2 is 1.66 bits per heavy atom. The van der Waals surface area contributed by atoms with Crippen LogP contribution in [0, 0.1) is 10.1 Å². The number of carbonyl (C=O) groups is 2. The molecule has 0 heterocycles.